The summed E-state index contributed by atoms with van der Waals surface area (Å²) in [7, 11) is 1.54. The van der Waals surface area contributed by atoms with Gasteiger partial charge in [-0.1, -0.05) is 81.7 Å². The number of Topliss-reactive ketones (excluding diaryl/α,β-unsaturated/α-hetero) is 1. The van der Waals surface area contributed by atoms with E-state index in [0.717, 1.165) is 11.1 Å². The van der Waals surface area contributed by atoms with Crippen LogP contribution in [0.4, 0.5) is 4.79 Å². The van der Waals surface area contributed by atoms with Crippen LogP contribution in [0.3, 0.4) is 0 Å². The molecule has 1 saturated heterocycles. The first-order valence-corrected chi connectivity index (χ1v) is 13.4. The molecule has 4 rings (SSSR count). The lowest BCUT2D eigenvalue weighted by atomic mass is 9.43. The molecule has 2 fully saturated rings. The van der Waals surface area contributed by atoms with Crippen molar-refractivity contribution in [3.63, 3.8) is 0 Å². The van der Waals surface area contributed by atoms with E-state index in [1.165, 1.54) is 12.0 Å². The van der Waals surface area contributed by atoms with Crippen LogP contribution in [0.2, 0.25) is 0 Å². The number of likely N-dealkylation sites (tertiary alicyclic amines) is 1. The van der Waals surface area contributed by atoms with E-state index in [9.17, 15) is 14.4 Å². The minimum absolute atomic E-state index is 0.00420. The van der Waals surface area contributed by atoms with Crippen LogP contribution in [0.5, 0.6) is 5.75 Å². The molecule has 0 unspecified atom stereocenters. The molecule has 3 aliphatic rings. The van der Waals surface area contributed by atoms with E-state index in [0.29, 0.717) is 5.75 Å². The number of hydrogen-bond acceptors (Lipinski definition) is 6. The number of nitrogens with zero attached hydrogens (tertiary/aromatic N) is 1. The molecule has 1 aliphatic heterocycles. The van der Waals surface area contributed by atoms with Gasteiger partial charge in [0, 0.05) is 30.4 Å². The SMILES string of the molecule is COc1cccc2c1[C@]13CCN(C(=O)OCC(Cl)(Cl)Cl)[C@H](C2)[C@]1(C(=O)OCC(Cl)(Cl)Cl)CCC(=O)C3. The largest absolute Gasteiger partial charge is 0.496 e. The number of esters is 1. The van der Waals surface area contributed by atoms with Crippen LogP contribution in [0, 0.1) is 5.41 Å². The van der Waals surface area contributed by atoms with Crippen LogP contribution >= 0.6 is 69.6 Å². The Morgan fingerprint density at radius 2 is 1.72 bits per heavy atom. The van der Waals surface area contributed by atoms with Gasteiger partial charge in [0.25, 0.3) is 0 Å². The second kappa shape index (κ2) is 10.0. The van der Waals surface area contributed by atoms with Gasteiger partial charge < -0.3 is 19.1 Å². The van der Waals surface area contributed by atoms with Crippen LogP contribution < -0.4 is 4.74 Å². The molecular weight excluding hydrogens is 599 g/mol. The number of fused-ring (bicyclic) bond motifs is 1. The maximum Gasteiger partial charge on any atom is 0.410 e. The monoisotopic (exact) mass is 619 g/mol. The molecule has 2 bridgehead atoms. The van der Waals surface area contributed by atoms with E-state index >= 15 is 0 Å². The number of rotatable bonds is 4. The summed E-state index contributed by atoms with van der Waals surface area (Å²) in [6.07, 6.45) is 0.167. The van der Waals surface area contributed by atoms with Crippen molar-refractivity contribution in [1.82, 2.24) is 4.90 Å². The molecule has 2 aliphatic carbocycles. The van der Waals surface area contributed by atoms with Gasteiger partial charge in [0.1, 0.15) is 24.7 Å². The zero-order valence-electron chi connectivity index (χ0n) is 19.1. The predicted molar refractivity (Wildman–Crippen MR) is 138 cm³/mol. The summed E-state index contributed by atoms with van der Waals surface area (Å²) < 4.78 is 12.9. The molecule has 36 heavy (non-hydrogen) atoms. The summed E-state index contributed by atoms with van der Waals surface area (Å²) in [5.41, 5.74) is -0.686. The van der Waals surface area contributed by atoms with E-state index < -0.39 is 49.7 Å². The number of alkyl halides is 6. The molecular formula is C23H23Cl6NO6. The molecule has 3 atom stereocenters. The Morgan fingerprint density at radius 1 is 1.06 bits per heavy atom. The number of methoxy groups -OCH3 is 1. The van der Waals surface area contributed by atoms with E-state index in [2.05, 4.69) is 0 Å². The van der Waals surface area contributed by atoms with Crippen molar-refractivity contribution < 1.29 is 28.6 Å². The predicted octanol–water partition coefficient (Wildman–Crippen LogP) is 5.72. The third kappa shape index (κ3) is 4.96. The van der Waals surface area contributed by atoms with Crippen molar-refractivity contribution in [2.24, 2.45) is 5.41 Å². The van der Waals surface area contributed by atoms with Gasteiger partial charge >= 0.3 is 12.1 Å². The maximum atomic E-state index is 14.0. The topological polar surface area (TPSA) is 82.1 Å². The van der Waals surface area contributed by atoms with Crippen molar-refractivity contribution in [2.75, 3.05) is 26.9 Å². The van der Waals surface area contributed by atoms with Gasteiger partial charge in [0.15, 0.2) is 0 Å². The molecule has 1 amide bonds. The van der Waals surface area contributed by atoms with Gasteiger partial charge in [-0.05, 0) is 30.9 Å². The highest BCUT2D eigenvalue weighted by Crippen LogP contribution is 2.64. The Hall–Kier alpha value is -0.830. The average molecular weight is 622 g/mol. The first-order valence-electron chi connectivity index (χ1n) is 11.2. The fraction of sp³-hybridized carbons (Fsp3) is 0.609. The van der Waals surface area contributed by atoms with Crippen molar-refractivity contribution in [3.05, 3.63) is 29.3 Å². The molecule has 1 saturated carbocycles. The highest BCUT2D eigenvalue weighted by Gasteiger charge is 2.71. The molecule has 0 aromatic heterocycles. The molecule has 0 spiro atoms. The normalized spacial score (nSPS) is 27.6. The van der Waals surface area contributed by atoms with Gasteiger partial charge in [-0.2, -0.15) is 0 Å². The molecule has 1 heterocycles. The van der Waals surface area contributed by atoms with Gasteiger partial charge in [0.05, 0.1) is 18.6 Å². The number of carbonyl (C=O) groups is 3. The van der Waals surface area contributed by atoms with E-state index in [4.69, 9.17) is 83.8 Å². The molecule has 7 nitrogen and oxygen atoms in total. The molecule has 13 heteroatoms. The summed E-state index contributed by atoms with van der Waals surface area (Å²) >= 11 is 35.0. The van der Waals surface area contributed by atoms with E-state index in [1.54, 1.807) is 6.07 Å². The Labute approximate surface area is 238 Å². The van der Waals surface area contributed by atoms with Crippen LogP contribution in [-0.2, 0) is 30.9 Å². The van der Waals surface area contributed by atoms with E-state index in [-0.39, 0.29) is 44.4 Å². The van der Waals surface area contributed by atoms with Crippen LogP contribution in [-0.4, -0.2) is 63.2 Å². The lowest BCUT2D eigenvalue weighted by Crippen LogP contribution is -2.72. The number of amides is 1. The second-order valence-corrected chi connectivity index (χ2v) is 14.3. The minimum atomic E-state index is -1.84. The summed E-state index contributed by atoms with van der Waals surface area (Å²) in [5.74, 6) is -0.0854. The van der Waals surface area contributed by atoms with Crippen molar-refractivity contribution in [2.45, 2.75) is 51.1 Å². The molecule has 198 valence electrons. The fourth-order valence-corrected chi connectivity index (χ4v) is 6.56. The van der Waals surface area contributed by atoms with Crippen LogP contribution in [0.15, 0.2) is 18.2 Å². The zero-order valence-corrected chi connectivity index (χ0v) is 23.7. The Morgan fingerprint density at radius 3 is 2.36 bits per heavy atom. The summed E-state index contributed by atoms with van der Waals surface area (Å²) in [4.78, 5) is 41.6. The van der Waals surface area contributed by atoms with Crippen molar-refractivity contribution >= 4 is 87.5 Å². The standard InChI is InChI=1S/C23H23Cl6NO6/c1-34-15-4-2-3-13-9-16-21(18(32)35-11-22(24,25)26)6-5-14(31)10-20(21,17(13)15)7-8-30(16)19(33)36-12-23(27,28)29/h2-4,16H,5-12H2,1H3/t16-,20-,21+/m1/s1. The summed E-state index contributed by atoms with van der Waals surface area (Å²) in [5, 5.41) is 0. The first kappa shape index (κ1) is 28.2. The van der Waals surface area contributed by atoms with Crippen LogP contribution in [0.1, 0.15) is 36.8 Å². The van der Waals surface area contributed by atoms with Gasteiger partial charge in [0.2, 0.25) is 7.59 Å². The fourth-order valence-electron chi connectivity index (χ4n) is 6.23. The molecule has 0 N–H and O–H groups in total. The average Bonchev–Trinajstić information content (AvgIpc) is 2.79. The number of ether oxygens (including phenoxy) is 3. The number of hydrogen-bond donors (Lipinski definition) is 0. The van der Waals surface area contributed by atoms with Gasteiger partial charge in [-0.25, -0.2) is 4.79 Å². The number of benzene rings is 1. The summed E-state index contributed by atoms with van der Waals surface area (Å²) in [6, 6.07) is 4.81. The Kier molecular flexibility index (Phi) is 7.87. The highest BCUT2D eigenvalue weighted by atomic mass is 35.6. The lowest BCUT2D eigenvalue weighted by Gasteiger charge is -2.63. The summed E-state index contributed by atoms with van der Waals surface area (Å²) in [6.45, 7) is -0.766. The van der Waals surface area contributed by atoms with Crippen molar-refractivity contribution in [3.8, 4) is 5.75 Å². The van der Waals surface area contributed by atoms with Crippen LogP contribution in [0.25, 0.3) is 0 Å². The van der Waals surface area contributed by atoms with Gasteiger partial charge in [-0.15, -0.1) is 0 Å². The van der Waals surface area contributed by atoms with Crippen molar-refractivity contribution in [1.29, 1.82) is 0 Å². The third-order valence-corrected chi connectivity index (χ3v) is 8.08. The number of halogens is 6. The molecule has 1 aromatic carbocycles. The quantitative estimate of drug-likeness (QED) is 0.316. The number of ketones is 1. The Bertz CT molecular complexity index is 1070. The minimum Gasteiger partial charge on any atom is -0.496 e. The van der Waals surface area contributed by atoms with Gasteiger partial charge in [-0.3, -0.25) is 9.59 Å². The Balaban J connectivity index is 1.87. The smallest absolute Gasteiger partial charge is 0.410 e. The highest BCUT2D eigenvalue weighted by molar-refractivity contribution is 6.68. The molecule has 1 aromatic rings. The number of carbonyl (C=O) groups excluding carboxylic acids is 3. The second-order valence-electron chi connectivity index (χ2n) is 9.29. The first-order chi connectivity index (χ1) is 16.7. The lowest BCUT2D eigenvalue weighted by molar-refractivity contribution is -0.180. The third-order valence-electron chi connectivity index (χ3n) is 7.42. The van der Waals surface area contributed by atoms with E-state index in [1.807, 2.05) is 12.1 Å². The number of piperidine rings is 1. The zero-order chi connectivity index (χ0) is 26.5. The maximum absolute atomic E-state index is 14.0. The molecule has 0 radical (unpaired) electrons.